The molecule has 0 fully saturated rings. The molecule has 0 saturated carbocycles. The van der Waals surface area contributed by atoms with Crippen molar-refractivity contribution in [2.45, 2.75) is 13.3 Å². The Kier molecular flexibility index (Phi) is 3.38. The van der Waals surface area contributed by atoms with Crippen LogP contribution in [-0.2, 0) is 0 Å². The van der Waals surface area contributed by atoms with Crippen molar-refractivity contribution >= 4 is 0 Å². The van der Waals surface area contributed by atoms with Gasteiger partial charge in [-0.3, -0.25) is 0 Å². The van der Waals surface area contributed by atoms with E-state index in [1.807, 2.05) is 19.1 Å². The van der Waals surface area contributed by atoms with E-state index in [0.717, 1.165) is 11.6 Å². The Morgan fingerprint density at radius 1 is 1.00 bits per heavy atom. The maximum atomic E-state index is 12.2. The van der Waals surface area contributed by atoms with Crippen molar-refractivity contribution in [1.82, 2.24) is 0 Å². The van der Waals surface area contributed by atoms with Gasteiger partial charge in [0.2, 0.25) is 0 Å². The van der Waals surface area contributed by atoms with Crippen LogP contribution in [0.5, 0.6) is 11.5 Å². The third kappa shape index (κ3) is 3.19. The van der Waals surface area contributed by atoms with E-state index in [2.05, 4.69) is 4.74 Å². The zero-order valence-corrected chi connectivity index (χ0v) is 10.0. The maximum absolute atomic E-state index is 12.2. The Hall–Kier alpha value is -2.17. The number of hydrogen-bond donors (Lipinski definition) is 1. The number of alkyl halides is 3. The highest BCUT2D eigenvalue weighted by Gasteiger charge is 2.31. The van der Waals surface area contributed by atoms with E-state index in [-0.39, 0.29) is 11.5 Å². The van der Waals surface area contributed by atoms with Crippen LogP contribution in [0, 0.1) is 6.92 Å². The molecule has 5 heteroatoms. The fourth-order valence-corrected chi connectivity index (χ4v) is 1.80. The summed E-state index contributed by atoms with van der Waals surface area (Å²) in [5.74, 6) is -0.452. The number of ether oxygens (including phenoxy) is 1. The van der Waals surface area contributed by atoms with E-state index in [9.17, 15) is 18.3 Å². The average molecular weight is 268 g/mol. The second-order valence-corrected chi connectivity index (χ2v) is 4.04. The summed E-state index contributed by atoms with van der Waals surface area (Å²) >= 11 is 0. The first-order chi connectivity index (χ1) is 8.87. The van der Waals surface area contributed by atoms with Crippen LogP contribution >= 0.6 is 0 Å². The molecular formula is C14H11F3O2. The molecule has 0 atom stereocenters. The quantitative estimate of drug-likeness (QED) is 0.881. The Balaban J connectivity index is 2.46. The summed E-state index contributed by atoms with van der Waals surface area (Å²) in [6.07, 6.45) is -4.75. The normalized spacial score (nSPS) is 11.4. The summed E-state index contributed by atoms with van der Waals surface area (Å²) in [5, 5.41) is 9.77. The van der Waals surface area contributed by atoms with Gasteiger partial charge in [0.1, 0.15) is 11.5 Å². The maximum Gasteiger partial charge on any atom is 0.573 e. The van der Waals surface area contributed by atoms with Gasteiger partial charge in [0.05, 0.1) is 0 Å². The predicted octanol–water partition coefficient (Wildman–Crippen LogP) is 4.27. The molecule has 0 heterocycles. The number of aryl methyl sites for hydroxylation is 1. The SMILES string of the molecule is Cc1ccccc1-c1cc(OC(F)(F)F)ccc1O. The van der Waals surface area contributed by atoms with Crippen LogP contribution < -0.4 is 4.74 Å². The van der Waals surface area contributed by atoms with Crippen molar-refractivity contribution in [3.8, 4) is 22.6 Å². The van der Waals surface area contributed by atoms with Crippen molar-refractivity contribution in [3.05, 3.63) is 48.0 Å². The number of halogens is 3. The van der Waals surface area contributed by atoms with Crippen LogP contribution in [0.1, 0.15) is 5.56 Å². The Labute approximate surface area is 108 Å². The molecule has 19 heavy (non-hydrogen) atoms. The van der Waals surface area contributed by atoms with Crippen LogP contribution in [0.15, 0.2) is 42.5 Å². The van der Waals surface area contributed by atoms with Crippen LogP contribution in [0.25, 0.3) is 11.1 Å². The largest absolute Gasteiger partial charge is 0.573 e. The molecule has 0 aliphatic heterocycles. The molecule has 2 aromatic carbocycles. The van der Waals surface area contributed by atoms with Crippen molar-refractivity contribution in [3.63, 3.8) is 0 Å². The molecule has 2 aromatic rings. The van der Waals surface area contributed by atoms with E-state index in [0.29, 0.717) is 11.1 Å². The molecule has 0 amide bonds. The van der Waals surface area contributed by atoms with Gasteiger partial charge < -0.3 is 9.84 Å². The predicted molar refractivity (Wildman–Crippen MR) is 65.0 cm³/mol. The molecule has 0 bridgehead atoms. The smallest absolute Gasteiger partial charge is 0.507 e. The number of aromatic hydroxyl groups is 1. The van der Waals surface area contributed by atoms with Crippen molar-refractivity contribution in [2.75, 3.05) is 0 Å². The van der Waals surface area contributed by atoms with E-state index < -0.39 is 6.36 Å². The highest BCUT2D eigenvalue weighted by atomic mass is 19.4. The summed E-state index contributed by atoms with van der Waals surface area (Å²) in [5.41, 5.74) is 1.81. The summed E-state index contributed by atoms with van der Waals surface area (Å²) < 4.78 is 40.4. The standard InChI is InChI=1S/C14H11F3O2/c1-9-4-2-3-5-11(9)12-8-10(6-7-13(12)18)19-14(15,16)17/h2-8,18H,1H3. The lowest BCUT2D eigenvalue weighted by Crippen LogP contribution is -2.17. The minimum atomic E-state index is -4.75. The molecule has 1 N–H and O–H groups in total. The van der Waals surface area contributed by atoms with Crippen molar-refractivity contribution in [2.24, 2.45) is 0 Å². The third-order valence-electron chi connectivity index (χ3n) is 2.64. The molecule has 0 unspecified atom stereocenters. The number of phenols is 1. The molecule has 0 radical (unpaired) electrons. The van der Waals surface area contributed by atoms with Gasteiger partial charge in [-0.1, -0.05) is 24.3 Å². The van der Waals surface area contributed by atoms with Gasteiger partial charge in [-0.15, -0.1) is 13.2 Å². The first kappa shape index (κ1) is 13.3. The van der Waals surface area contributed by atoms with Gasteiger partial charge in [-0.05, 0) is 36.2 Å². The lowest BCUT2D eigenvalue weighted by Gasteiger charge is -2.12. The number of benzene rings is 2. The fourth-order valence-electron chi connectivity index (χ4n) is 1.80. The highest BCUT2D eigenvalue weighted by Crippen LogP contribution is 2.35. The molecule has 2 nitrogen and oxygen atoms in total. The Bertz CT molecular complexity index is 591. The van der Waals surface area contributed by atoms with Gasteiger partial charge in [-0.25, -0.2) is 0 Å². The topological polar surface area (TPSA) is 29.5 Å². The molecule has 0 aromatic heterocycles. The van der Waals surface area contributed by atoms with Gasteiger partial charge >= 0.3 is 6.36 Å². The van der Waals surface area contributed by atoms with E-state index in [1.54, 1.807) is 12.1 Å². The monoisotopic (exact) mass is 268 g/mol. The second-order valence-electron chi connectivity index (χ2n) is 4.04. The average Bonchev–Trinajstić information content (AvgIpc) is 2.31. The molecule has 0 saturated heterocycles. The van der Waals surface area contributed by atoms with Crippen LogP contribution in [0.2, 0.25) is 0 Å². The lowest BCUT2D eigenvalue weighted by molar-refractivity contribution is -0.274. The van der Waals surface area contributed by atoms with Gasteiger partial charge in [-0.2, -0.15) is 0 Å². The summed E-state index contributed by atoms with van der Waals surface area (Å²) in [7, 11) is 0. The lowest BCUT2D eigenvalue weighted by atomic mass is 10.00. The fraction of sp³-hybridized carbons (Fsp3) is 0.143. The zero-order valence-electron chi connectivity index (χ0n) is 10.0. The number of phenolic OH excluding ortho intramolecular Hbond substituents is 1. The van der Waals surface area contributed by atoms with E-state index in [4.69, 9.17) is 0 Å². The van der Waals surface area contributed by atoms with E-state index in [1.165, 1.54) is 12.1 Å². The third-order valence-corrected chi connectivity index (χ3v) is 2.64. The van der Waals surface area contributed by atoms with Crippen LogP contribution in [-0.4, -0.2) is 11.5 Å². The summed E-state index contributed by atoms with van der Waals surface area (Å²) in [6.45, 7) is 1.81. The van der Waals surface area contributed by atoms with Gasteiger partial charge in [0.25, 0.3) is 0 Å². The van der Waals surface area contributed by atoms with E-state index >= 15 is 0 Å². The molecule has 100 valence electrons. The van der Waals surface area contributed by atoms with Crippen molar-refractivity contribution in [1.29, 1.82) is 0 Å². The van der Waals surface area contributed by atoms with Crippen LogP contribution in [0.3, 0.4) is 0 Å². The van der Waals surface area contributed by atoms with Crippen LogP contribution in [0.4, 0.5) is 13.2 Å². The van der Waals surface area contributed by atoms with Crippen molar-refractivity contribution < 1.29 is 23.0 Å². The minimum absolute atomic E-state index is 0.0937. The second kappa shape index (κ2) is 4.84. The zero-order chi connectivity index (χ0) is 14.0. The Morgan fingerprint density at radius 2 is 1.68 bits per heavy atom. The van der Waals surface area contributed by atoms with Gasteiger partial charge in [0.15, 0.2) is 0 Å². The Morgan fingerprint density at radius 3 is 2.32 bits per heavy atom. The summed E-state index contributed by atoms with van der Waals surface area (Å²) in [4.78, 5) is 0. The number of hydrogen-bond acceptors (Lipinski definition) is 2. The number of rotatable bonds is 2. The first-order valence-electron chi connectivity index (χ1n) is 5.51. The summed E-state index contributed by atoms with van der Waals surface area (Å²) in [6, 6.07) is 10.5. The minimum Gasteiger partial charge on any atom is -0.507 e. The molecule has 2 rings (SSSR count). The molecule has 0 spiro atoms. The van der Waals surface area contributed by atoms with Gasteiger partial charge in [0, 0.05) is 5.56 Å². The molecular weight excluding hydrogens is 257 g/mol. The first-order valence-corrected chi connectivity index (χ1v) is 5.51. The molecule has 0 aliphatic rings. The molecule has 0 aliphatic carbocycles. The highest BCUT2D eigenvalue weighted by molar-refractivity contribution is 5.74.